The molecule has 8 heteroatoms. The molecule has 0 saturated carbocycles. The molecule has 17 heavy (non-hydrogen) atoms. The summed E-state index contributed by atoms with van der Waals surface area (Å²) >= 11 is 0. The number of nitrogens with zero attached hydrogens (tertiary/aromatic N) is 3. The summed E-state index contributed by atoms with van der Waals surface area (Å²) in [5.74, 6) is 0.528. The monoisotopic (exact) mass is 241 g/mol. The van der Waals surface area contributed by atoms with Crippen LogP contribution in [-0.2, 0) is 0 Å². The summed E-state index contributed by atoms with van der Waals surface area (Å²) in [5.41, 5.74) is 0.117. The lowest BCUT2D eigenvalue weighted by molar-refractivity contribution is 0.290. The summed E-state index contributed by atoms with van der Waals surface area (Å²) in [5, 5.41) is 26.8. The number of anilines is 1. The minimum atomic E-state index is -1.67. The predicted molar refractivity (Wildman–Crippen MR) is 63.4 cm³/mol. The van der Waals surface area contributed by atoms with E-state index in [1.54, 1.807) is 11.9 Å². The minimum Gasteiger partial charge on any atom is -0.481 e. The second-order valence-electron chi connectivity index (χ2n) is 3.51. The van der Waals surface area contributed by atoms with Crippen molar-refractivity contribution in [3.8, 4) is 5.88 Å². The van der Waals surface area contributed by atoms with Crippen LogP contribution in [0.2, 0.25) is 0 Å². The van der Waals surface area contributed by atoms with Gasteiger partial charge in [-0.05, 0) is 6.42 Å². The van der Waals surface area contributed by atoms with Crippen LogP contribution >= 0.6 is 0 Å². The van der Waals surface area contributed by atoms with Gasteiger partial charge in [-0.3, -0.25) is 0 Å². The lowest BCUT2D eigenvalue weighted by Crippen LogP contribution is -2.33. The fourth-order valence-electron chi connectivity index (χ4n) is 1.30. The number of ether oxygens (including phenoxy) is 1. The summed E-state index contributed by atoms with van der Waals surface area (Å²) in [6.45, 7) is 0.690. The molecule has 0 fully saturated rings. The topological polar surface area (TPSA) is 98.9 Å². The van der Waals surface area contributed by atoms with Crippen LogP contribution in [0.5, 0.6) is 5.88 Å². The molecule has 7 nitrogen and oxygen atoms in total. The van der Waals surface area contributed by atoms with E-state index in [1.807, 2.05) is 0 Å². The number of rotatable bonds is 6. The van der Waals surface area contributed by atoms with Crippen molar-refractivity contribution in [3.05, 3.63) is 6.20 Å². The van der Waals surface area contributed by atoms with E-state index in [4.69, 9.17) is 19.9 Å². The maximum atomic E-state index is 9.06. The molecule has 0 spiro atoms. The second kappa shape index (κ2) is 6.38. The zero-order valence-electron chi connectivity index (χ0n) is 9.87. The molecular formula is C9H16BN3O4. The third kappa shape index (κ3) is 3.55. The third-order valence-corrected chi connectivity index (χ3v) is 2.23. The molecule has 0 radical (unpaired) electrons. The summed E-state index contributed by atoms with van der Waals surface area (Å²) in [4.78, 5) is 9.79. The van der Waals surface area contributed by atoms with E-state index in [2.05, 4.69) is 9.97 Å². The Morgan fingerprint density at radius 3 is 2.71 bits per heavy atom. The van der Waals surface area contributed by atoms with Gasteiger partial charge < -0.3 is 24.8 Å². The Kier molecular flexibility index (Phi) is 5.14. The molecule has 0 aromatic carbocycles. The van der Waals surface area contributed by atoms with Crippen LogP contribution in [0.4, 0.5) is 5.95 Å². The van der Waals surface area contributed by atoms with Gasteiger partial charge >= 0.3 is 7.12 Å². The number of hydrogen-bond donors (Lipinski definition) is 3. The molecule has 0 aliphatic carbocycles. The summed E-state index contributed by atoms with van der Waals surface area (Å²) in [6.07, 6.45) is 1.91. The molecule has 3 N–H and O–H groups in total. The predicted octanol–water partition coefficient (Wildman–Crippen LogP) is -2.02. The highest BCUT2D eigenvalue weighted by atomic mass is 16.5. The Bertz CT molecular complexity index is 364. The lowest BCUT2D eigenvalue weighted by Gasteiger charge is -2.17. The molecule has 1 aromatic heterocycles. The van der Waals surface area contributed by atoms with Gasteiger partial charge in [0.2, 0.25) is 11.8 Å². The summed E-state index contributed by atoms with van der Waals surface area (Å²) in [7, 11) is 1.51. The van der Waals surface area contributed by atoms with Crippen LogP contribution in [0.3, 0.4) is 0 Å². The quantitative estimate of drug-likeness (QED) is 0.494. The second-order valence-corrected chi connectivity index (χ2v) is 3.51. The highest BCUT2D eigenvalue weighted by Gasteiger charge is 2.20. The molecular weight excluding hydrogens is 225 g/mol. The van der Waals surface area contributed by atoms with Gasteiger partial charge in [0, 0.05) is 26.4 Å². The Balaban J connectivity index is 2.88. The van der Waals surface area contributed by atoms with E-state index >= 15 is 0 Å². The van der Waals surface area contributed by atoms with Gasteiger partial charge in [-0.1, -0.05) is 0 Å². The Labute approximate surface area is 99.8 Å². The zero-order valence-corrected chi connectivity index (χ0v) is 9.87. The molecule has 94 valence electrons. The minimum absolute atomic E-state index is 0.0922. The van der Waals surface area contributed by atoms with Crippen LogP contribution in [-0.4, -0.2) is 59.6 Å². The van der Waals surface area contributed by atoms with Gasteiger partial charge in [-0.25, -0.2) is 4.98 Å². The van der Waals surface area contributed by atoms with Crippen LogP contribution in [0.15, 0.2) is 6.20 Å². The fourth-order valence-corrected chi connectivity index (χ4v) is 1.30. The van der Waals surface area contributed by atoms with E-state index in [-0.39, 0.29) is 17.9 Å². The maximum Gasteiger partial charge on any atom is 0.495 e. The van der Waals surface area contributed by atoms with Crippen molar-refractivity contribution in [2.45, 2.75) is 6.42 Å². The molecule has 1 heterocycles. The normalized spacial score (nSPS) is 10.2. The summed E-state index contributed by atoms with van der Waals surface area (Å²) in [6, 6.07) is 0. The molecule has 0 saturated heterocycles. The van der Waals surface area contributed by atoms with Crippen molar-refractivity contribution < 1.29 is 19.9 Å². The van der Waals surface area contributed by atoms with Crippen molar-refractivity contribution in [1.29, 1.82) is 0 Å². The molecule has 0 aliphatic rings. The number of aliphatic hydroxyl groups is 1. The van der Waals surface area contributed by atoms with Crippen molar-refractivity contribution >= 4 is 18.5 Å². The number of hydrogen-bond acceptors (Lipinski definition) is 7. The first-order valence-corrected chi connectivity index (χ1v) is 5.19. The molecule has 0 amide bonds. The standard InChI is InChI=1S/C9H16BN3O4/c1-13(4-3-5-14)9-11-6-7(10(15)16)8(12-9)17-2/h6,14-16H,3-5H2,1-2H3. The molecule has 1 aromatic rings. The van der Waals surface area contributed by atoms with Crippen molar-refractivity contribution in [3.63, 3.8) is 0 Å². The molecule has 0 bridgehead atoms. The maximum absolute atomic E-state index is 9.06. The van der Waals surface area contributed by atoms with Crippen molar-refractivity contribution in [2.24, 2.45) is 0 Å². The van der Waals surface area contributed by atoms with Crippen molar-refractivity contribution in [1.82, 2.24) is 9.97 Å². The van der Waals surface area contributed by atoms with Crippen LogP contribution in [0.1, 0.15) is 6.42 Å². The van der Waals surface area contributed by atoms with Crippen LogP contribution in [0, 0.1) is 0 Å². The molecule has 0 atom stereocenters. The van der Waals surface area contributed by atoms with Gasteiger partial charge in [0.15, 0.2) is 0 Å². The molecule has 0 aliphatic heterocycles. The Hall–Kier alpha value is -1.38. The van der Waals surface area contributed by atoms with E-state index in [0.717, 1.165) is 0 Å². The van der Waals surface area contributed by atoms with Gasteiger partial charge in [-0.15, -0.1) is 0 Å². The number of aromatic nitrogens is 2. The highest BCUT2D eigenvalue weighted by Crippen LogP contribution is 2.09. The SMILES string of the molecule is COc1nc(N(C)CCCO)ncc1B(O)O. The Morgan fingerprint density at radius 2 is 2.18 bits per heavy atom. The van der Waals surface area contributed by atoms with Gasteiger partial charge in [-0.2, -0.15) is 4.98 Å². The van der Waals surface area contributed by atoms with E-state index in [1.165, 1.54) is 13.3 Å². The smallest absolute Gasteiger partial charge is 0.481 e. The zero-order chi connectivity index (χ0) is 12.8. The van der Waals surface area contributed by atoms with E-state index < -0.39 is 7.12 Å². The first-order valence-electron chi connectivity index (χ1n) is 5.19. The molecule has 1 rings (SSSR count). The van der Waals surface area contributed by atoms with Crippen LogP contribution in [0.25, 0.3) is 0 Å². The van der Waals surface area contributed by atoms with Crippen molar-refractivity contribution in [2.75, 3.05) is 32.2 Å². The molecule has 0 unspecified atom stereocenters. The third-order valence-electron chi connectivity index (χ3n) is 2.23. The van der Waals surface area contributed by atoms with Gasteiger partial charge in [0.1, 0.15) is 0 Å². The van der Waals surface area contributed by atoms with Crippen LogP contribution < -0.4 is 15.1 Å². The first-order chi connectivity index (χ1) is 8.10. The van der Waals surface area contributed by atoms with E-state index in [9.17, 15) is 0 Å². The van der Waals surface area contributed by atoms with Gasteiger partial charge in [0.25, 0.3) is 0 Å². The Morgan fingerprint density at radius 1 is 1.47 bits per heavy atom. The highest BCUT2D eigenvalue weighted by molar-refractivity contribution is 6.59. The fraction of sp³-hybridized carbons (Fsp3) is 0.556. The average molecular weight is 241 g/mol. The average Bonchev–Trinajstić information content (AvgIpc) is 2.34. The number of methoxy groups -OCH3 is 1. The van der Waals surface area contributed by atoms with Gasteiger partial charge in [0.05, 0.1) is 12.6 Å². The lowest BCUT2D eigenvalue weighted by atomic mass is 9.82. The van der Waals surface area contributed by atoms with E-state index in [0.29, 0.717) is 18.9 Å². The summed E-state index contributed by atoms with van der Waals surface area (Å²) < 4.78 is 4.95. The largest absolute Gasteiger partial charge is 0.495 e. The number of aliphatic hydroxyl groups excluding tert-OH is 1. The first kappa shape index (κ1) is 13.7.